The predicted octanol–water partition coefficient (Wildman–Crippen LogP) is 1.77. The molecule has 0 unspecified atom stereocenters. The quantitative estimate of drug-likeness (QED) is 0.591. The molecule has 0 aromatic carbocycles. The number of carbonyl (C=O) groups is 3. The molecule has 1 fully saturated rings. The summed E-state index contributed by atoms with van der Waals surface area (Å²) in [6.07, 6.45) is 3.42. The Hall–Kier alpha value is -2.55. The van der Waals surface area contributed by atoms with Gasteiger partial charge in [0.1, 0.15) is 18.8 Å². The molecule has 2 rings (SSSR count). The first-order valence-corrected chi connectivity index (χ1v) is 10.0. The van der Waals surface area contributed by atoms with E-state index in [0.717, 1.165) is 12.8 Å². The van der Waals surface area contributed by atoms with Gasteiger partial charge < -0.3 is 29.0 Å². The standard InChI is InChI=1S/C20H31N3O6/c1-4-27-19(25)11-21-20(26)23(15(2)3)14-18(24)22(12-16-7-5-9-28-16)13-17-8-6-10-29-17/h5,7,9,15,17H,4,6,8,10-14H2,1-3H3,(H,21,26)/t17-/m0/s1. The van der Waals surface area contributed by atoms with E-state index in [2.05, 4.69) is 5.32 Å². The highest BCUT2D eigenvalue weighted by molar-refractivity contribution is 5.86. The van der Waals surface area contributed by atoms with Crippen LogP contribution in [0.15, 0.2) is 22.8 Å². The minimum atomic E-state index is -0.520. The molecule has 0 aliphatic carbocycles. The Balaban J connectivity index is 2.00. The van der Waals surface area contributed by atoms with Gasteiger partial charge in [0.15, 0.2) is 0 Å². The smallest absolute Gasteiger partial charge is 0.325 e. The van der Waals surface area contributed by atoms with E-state index in [0.29, 0.717) is 25.5 Å². The maximum absolute atomic E-state index is 13.0. The van der Waals surface area contributed by atoms with Crippen molar-refractivity contribution in [3.05, 3.63) is 24.2 Å². The van der Waals surface area contributed by atoms with E-state index in [9.17, 15) is 14.4 Å². The zero-order valence-electron chi connectivity index (χ0n) is 17.4. The predicted molar refractivity (Wildman–Crippen MR) is 105 cm³/mol. The molecule has 0 radical (unpaired) electrons. The lowest BCUT2D eigenvalue weighted by Crippen LogP contribution is -2.51. The molecule has 0 saturated carbocycles. The third-order valence-electron chi connectivity index (χ3n) is 4.61. The molecule has 1 aliphatic rings. The third-order valence-corrected chi connectivity index (χ3v) is 4.61. The summed E-state index contributed by atoms with van der Waals surface area (Å²) in [6.45, 7) is 6.66. The number of ether oxygens (including phenoxy) is 2. The van der Waals surface area contributed by atoms with Crippen LogP contribution in [0, 0.1) is 0 Å². The van der Waals surface area contributed by atoms with Crippen molar-refractivity contribution in [3.8, 4) is 0 Å². The highest BCUT2D eigenvalue weighted by Crippen LogP contribution is 2.16. The number of nitrogens with zero attached hydrogens (tertiary/aromatic N) is 2. The summed E-state index contributed by atoms with van der Waals surface area (Å²) >= 11 is 0. The molecule has 1 atom stereocenters. The van der Waals surface area contributed by atoms with E-state index in [4.69, 9.17) is 13.9 Å². The van der Waals surface area contributed by atoms with Crippen molar-refractivity contribution in [2.45, 2.75) is 52.3 Å². The topological polar surface area (TPSA) is 101 Å². The van der Waals surface area contributed by atoms with Gasteiger partial charge in [-0.25, -0.2) is 4.79 Å². The van der Waals surface area contributed by atoms with E-state index in [1.807, 2.05) is 19.9 Å². The van der Waals surface area contributed by atoms with Crippen molar-refractivity contribution in [2.24, 2.45) is 0 Å². The largest absolute Gasteiger partial charge is 0.467 e. The monoisotopic (exact) mass is 409 g/mol. The summed E-state index contributed by atoms with van der Waals surface area (Å²) in [5, 5.41) is 2.51. The lowest BCUT2D eigenvalue weighted by molar-refractivity contribution is -0.141. The molecule has 9 heteroatoms. The van der Waals surface area contributed by atoms with Gasteiger partial charge in [-0.1, -0.05) is 0 Å². The van der Waals surface area contributed by atoms with Crippen LogP contribution >= 0.6 is 0 Å². The molecule has 9 nitrogen and oxygen atoms in total. The van der Waals surface area contributed by atoms with E-state index in [1.165, 1.54) is 4.90 Å². The van der Waals surface area contributed by atoms with Gasteiger partial charge in [0.2, 0.25) is 5.91 Å². The first kappa shape index (κ1) is 22.7. The SMILES string of the molecule is CCOC(=O)CNC(=O)N(CC(=O)N(Cc1ccco1)C[C@@H]1CCCO1)C(C)C. The van der Waals surface area contributed by atoms with E-state index >= 15 is 0 Å². The molecule has 162 valence electrons. The Morgan fingerprint density at radius 3 is 2.72 bits per heavy atom. The first-order valence-electron chi connectivity index (χ1n) is 10.0. The van der Waals surface area contributed by atoms with Crippen LogP contribution in [0.2, 0.25) is 0 Å². The average molecular weight is 409 g/mol. The third kappa shape index (κ3) is 7.41. The molecule has 2 heterocycles. The van der Waals surface area contributed by atoms with Gasteiger partial charge in [0.25, 0.3) is 0 Å². The highest BCUT2D eigenvalue weighted by Gasteiger charge is 2.27. The average Bonchev–Trinajstić information content (AvgIpc) is 3.37. The Morgan fingerprint density at radius 2 is 2.14 bits per heavy atom. The van der Waals surface area contributed by atoms with Gasteiger partial charge in [-0.2, -0.15) is 0 Å². The molecule has 1 aliphatic heterocycles. The number of amides is 3. The maximum Gasteiger partial charge on any atom is 0.325 e. The molecule has 0 bridgehead atoms. The molecule has 1 aromatic heterocycles. The molecule has 1 N–H and O–H groups in total. The van der Waals surface area contributed by atoms with E-state index in [1.54, 1.807) is 24.2 Å². The molecule has 29 heavy (non-hydrogen) atoms. The van der Waals surface area contributed by atoms with Crippen LogP contribution in [0.1, 0.15) is 39.4 Å². The molecule has 3 amide bonds. The Labute approximate surface area is 171 Å². The van der Waals surface area contributed by atoms with Crippen LogP contribution in [0.25, 0.3) is 0 Å². The van der Waals surface area contributed by atoms with Gasteiger partial charge in [0.05, 0.1) is 25.5 Å². The lowest BCUT2D eigenvalue weighted by atomic mass is 10.2. The Bertz CT molecular complexity index is 655. The van der Waals surface area contributed by atoms with Crippen molar-refractivity contribution in [1.82, 2.24) is 15.1 Å². The van der Waals surface area contributed by atoms with Gasteiger partial charge in [-0.05, 0) is 45.7 Å². The van der Waals surface area contributed by atoms with Crippen LogP contribution in [0.4, 0.5) is 4.79 Å². The Kier molecular flexibility index (Phi) is 8.98. The first-order chi connectivity index (χ1) is 13.9. The normalized spacial score (nSPS) is 15.9. The number of urea groups is 1. The molecule has 0 spiro atoms. The number of hydrogen-bond donors (Lipinski definition) is 1. The van der Waals surface area contributed by atoms with Crippen molar-refractivity contribution >= 4 is 17.9 Å². The fraction of sp³-hybridized carbons (Fsp3) is 0.650. The summed E-state index contributed by atoms with van der Waals surface area (Å²) < 4.78 is 15.9. The van der Waals surface area contributed by atoms with Crippen molar-refractivity contribution in [1.29, 1.82) is 0 Å². The van der Waals surface area contributed by atoms with Crippen molar-refractivity contribution in [2.75, 3.05) is 32.8 Å². The molecular formula is C20H31N3O6. The van der Waals surface area contributed by atoms with Gasteiger partial charge in [-0.3, -0.25) is 9.59 Å². The van der Waals surface area contributed by atoms with Crippen molar-refractivity contribution < 1.29 is 28.3 Å². The number of carbonyl (C=O) groups excluding carboxylic acids is 3. The van der Waals surface area contributed by atoms with Crippen LogP contribution in [0.5, 0.6) is 0 Å². The van der Waals surface area contributed by atoms with Gasteiger partial charge >= 0.3 is 12.0 Å². The summed E-state index contributed by atoms with van der Waals surface area (Å²) in [7, 11) is 0. The summed E-state index contributed by atoms with van der Waals surface area (Å²) in [5.41, 5.74) is 0. The number of rotatable bonds is 10. The minimum Gasteiger partial charge on any atom is -0.467 e. The van der Waals surface area contributed by atoms with Crippen LogP contribution in [-0.2, 0) is 25.6 Å². The summed E-state index contributed by atoms with van der Waals surface area (Å²) in [4.78, 5) is 40.1. The number of furan rings is 1. The lowest BCUT2D eigenvalue weighted by Gasteiger charge is -2.30. The van der Waals surface area contributed by atoms with E-state index in [-0.39, 0.29) is 37.7 Å². The minimum absolute atomic E-state index is 0.0148. The zero-order chi connectivity index (χ0) is 21.2. The maximum atomic E-state index is 13.0. The second-order valence-corrected chi connectivity index (χ2v) is 7.17. The number of nitrogens with one attached hydrogen (secondary N) is 1. The zero-order valence-corrected chi connectivity index (χ0v) is 17.4. The van der Waals surface area contributed by atoms with Gasteiger partial charge in [-0.15, -0.1) is 0 Å². The second kappa shape index (κ2) is 11.5. The molecule has 1 saturated heterocycles. The van der Waals surface area contributed by atoms with Crippen LogP contribution in [-0.4, -0.2) is 72.7 Å². The fourth-order valence-electron chi connectivity index (χ4n) is 3.08. The number of hydrogen-bond acceptors (Lipinski definition) is 6. The summed E-state index contributed by atoms with van der Waals surface area (Å²) in [6, 6.07) is 2.86. The van der Waals surface area contributed by atoms with Gasteiger partial charge in [0, 0.05) is 19.2 Å². The number of esters is 1. The fourth-order valence-corrected chi connectivity index (χ4v) is 3.08. The van der Waals surface area contributed by atoms with Crippen LogP contribution < -0.4 is 5.32 Å². The van der Waals surface area contributed by atoms with Crippen LogP contribution in [0.3, 0.4) is 0 Å². The Morgan fingerprint density at radius 1 is 1.34 bits per heavy atom. The summed E-state index contributed by atoms with van der Waals surface area (Å²) in [5.74, 6) is -0.0650. The molecular weight excluding hydrogens is 378 g/mol. The molecule has 1 aromatic rings. The van der Waals surface area contributed by atoms with E-state index < -0.39 is 12.0 Å². The highest BCUT2D eigenvalue weighted by atomic mass is 16.5. The van der Waals surface area contributed by atoms with Crippen molar-refractivity contribution in [3.63, 3.8) is 0 Å². The second-order valence-electron chi connectivity index (χ2n) is 7.17.